The maximum atomic E-state index is 3.66. The average molecular weight is 221 g/mol. The molecule has 0 aromatic heterocycles. The third kappa shape index (κ3) is 3.93. The van der Waals surface area contributed by atoms with E-state index < -0.39 is 0 Å². The highest BCUT2D eigenvalue weighted by Gasteiger charge is 2.17. The minimum absolute atomic E-state index is 0.966. The quantitative estimate of drug-likeness (QED) is 0.548. The molecule has 0 aliphatic heterocycles. The van der Waals surface area contributed by atoms with Gasteiger partial charge in [-0.25, -0.2) is 0 Å². The summed E-state index contributed by atoms with van der Waals surface area (Å²) in [5, 5.41) is 3.66. The Hall–Kier alpha value is -0.300. The fraction of sp³-hybridized carbons (Fsp3) is 0.867. The summed E-state index contributed by atoms with van der Waals surface area (Å²) >= 11 is 0. The lowest BCUT2D eigenvalue weighted by atomic mass is 9.83. The van der Waals surface area contributed by atoms with Crippen molar-refractivity contribution in [3.05, 3.63) is 11.6 Å². The van der Waals surface area contributed by atoms with Gasteiger partial charge in [0.05, 0.1) is 0 Å². The van der Waals surface area contributed by atoms with Crippen molar-refractivity contribution in [2.75, 3.05) is 13.1 Å². The summed E-state index contributed by atoms with van der Waals surface area (Å²) in [5.41, 5.74) is 1.70. The van der Waals surface area contributed by atoms with Gasteiger partial charge in [0.1, 0.15) is 0 Å². The molecule has 1 heteroatoms. The molecule has 2 aliphatic rings. The van der Waals surface area contributed by atoms with E-state index in [0.717, 1.165) is 11.8 Å². The van der Waals surface area contributed by atoms with Gasteiger partial charge >= 0.3 is 0 Å². The molecule has 1 fully saturated rings. The van der Waals surface area contributed by atoms with Crippen LogP contribution in [-0.2, 0) is 0 Å². The average Bonchev–Trinajstić information content (AvgIpc) is 2.80. The van der Waals surface area contributed by atoms with Gasteiger partial charge in [0.2, 0.25) is 0 Å². The van der Waals surface area contributed by atoms with Crippen LogP contribution in [0.5, 0.6) is 0 Å². The Morgan fingerprint density at radius 2 is 2.06 bits per heavy atom. The Labute approximate surface area is 101 Å². The molecule has 0 heterocycles. The number of allylic oxidation sites excluding steroid dienone is 1. The van der Waals surface area contributed by atoms with Crippen LogP contribution in [0.25, 0.3) is 0 Å². The molecule has 2 rings (SSSR count). The van der Waals surface area contributed by atoms with Gasteiger partial charge in [-0.1, -0.05) is 31.4 Å². The second-order valence-corrected chi connectivity index (χ2v) is 5.83. The highest BCUT2D eigenvalue weighted by molar-refractivity contribution is 5.07. The Bertz CT molecular complexity index is 224. The van der Waals surface area contributed by atoms with Gasteiger partial charge in [-0.3, -0.25) is 0 Å². The number of hydrogen-bond donors (Lipinski definition) is 1. The van der Waals surface area contributed by atoms with Gasteiger partial charge in [-0.15, -0.1) is 0 Å². The van der Waals surface area contributed by atoms with Crippen molar-refractivity contribution < 1.29 is 0 Å². The first kappa shape index (κ1) is 12.2. The lowest BCUT2D eigenvalue weighted by Gasteiger charge is -2.26. The van der Waals surface area contributed by atoms with E-state index in [0.29, 0.717) is 0 Å². The highest BCUT2D eigenvalue weighted by Crippen LogP contribution is 2.27. The summed E-state index contributed by atoms with van der Waals surface area (Å²) in [6.45, 7) is 4.87. The Morgan fingerprint density at radius 1 is 1.25 bits per heavy atom. The van der Waals surface area contributed by atoms with E-state index in [2.05, 4.69) is 18.3 Å². The molecule has 0 spiro atoms. The summed E-state index contributed by atoms with van der Waals surface area (Å²) in [6.07, 6.45) is 13.7. The van der Waals surface area contributed by atoms with Crippen molar-refractivity contribution in [1.82, 2.24) is 5.32 Å². The molecular formula is C15H27N. The minimum atomic E-state index is 0.966. The van der Waals surface area contributed by atoms with Crippen molar-refractivity contribution >= 4 is 0 Å². The second kappa shape index (κ2) is 6.44. The standard InChI is InChI=1S/C15H27N/c1-13-6-8-15(9-7-13)12-16-11-10-14-4-2-3-5-14/h4,13,15-16H,2-3,5-12H2,1H3. The van der Waals surface area contributed by atoms with E-state index in [1.807, 2.05) is 0 Å². The van der Waals surface area contributed by atoms with Gasteiger partial charge < -0.3 is 5.32 Å². The normalized spacial score (nSPS) is 30.4. The topological polar surface area (TPSA) is 12.0 Å². The lowest BCUT2D eigenvalue weighted by molar-refractivity contribution is 0.282. The van der Waals surface area contributed by atoms with Crippen LogP contribution in [0.1, 0.15) is 58.3 Å². The Morgan fingerprint density at radius 3 is 2.75 bits per heavy atom. The summed E-state index contributed by atoms with van der Waals surface area (Å²) in [5.74, 6) is 1.95. The molecule has 0 aromatic rings. The fourth-order valence-electron chi connectivity index (χ4n) is 3.05. The van der Waals surface area contributed by atoms with Crippen molar-refractivity contribution in [1.29, 1.82) is 0 Å². The van der Waals surface area contributed by atoms with Gasteiger partial charge in [0.15, 0.2) is 0 Å². The fourth-order valence-corrected chi connectivity index (χ4v) is 3.05. The van der Waals surface area contributed by atoms with Gasteiger partial charge in [-0.2, -0.15) is 0 Å². The lowest BCUT2D eigenvalue weighted by Crippen LogP contribution is -2.26. The zero-order valence-electron chi connectivity index (χ0n) is 10.8. The summed E-state index contributed by atoms with van der Waals surface area (Å²) in [6, 6.07) is 0. The third-order valence-electron chi connectivity index (χ3n) is 4.33. The third-order valence-corrected chi connectivity index (χ3v) is 4.33. The smallest absolute Gasteiger partial charge is 0.00115 e. The Balaban J connectivity index is 1.51. The monoisotopic (exact) mass is 221 g/mol. The molecule has 0 saturated heterocycles. The van der Waals surface area contributed by atoms with E-state index in [4.69, 9.17) is 0 Å². The molecule has 92 valence electrons. The maximum absolute atomic E-state index is 3.66. The zero-order valence-corrected chi connectivity index (χ0v) is 10.8. The van der Waals surface area contributed by atoms with E-state index in [-0.39, 0.29) is 0 Å². The number of nitrogens with one attached hydrogen (secondary N) is 1. The molecule has 0 bridgehead atoms. The first-order chi connectivity index (χ1) is 7.84. The molecule has 16 heavy (non-hydrogen) atoms. The Kier molecular flexibility index (Phi) is 4.90. The van der Waals surface area contributed by atoms with Crippen molar-refractivity contribution in [3.8, 4) is 0 Å². The molecule has 1 N–H and O–H groups in total. The largest absolute Gasteiger partial charge is 0.316 e. The van der Waals surface area contributed by atoms with Crippen LogP contribution in [0, 0.1) is 11.8 Å². The van der Waals surface area contributed by atoms with Gasteiger partial charge in [0.25, 0.3) is 0 Å². The molecular weight excluding hydrogens is 194 g/mol. The van der Waals surface area contributed by atoms with E-state index in [1.54, 1.807) is 5.57 Å². The molecule has 0 unspecified atom stereocenters. The van der Waals surface area contributed by atoms with Crippen LogP contribution < -0.4 is 5.32 Å². The number of rotatable bonds is 5. The molecule has 2 aliphatic carbocycles. The molecule has 1 nitrogen and oxygen atoms in total. The summed E-state index contributed by atoms with van der Waals surface area (Å²) in [7, 11) is 0. The zero-order chi connectivity index (χ0) is 11.2. The van der Waals surface area contributed by atoms with Crippen LogP contribution in [0.2, 0.25) is 0 Å². The van der Waals surface area contributed by atoms with Crippen molar-refractivity contribution in [2.24, 2.45) is 11.8 Å². The van der Waals surface area contributed by atoms with Crippen LogP contribution in [-0.4, -0.2) is 13.1 Å². The molecule has 0 atom stereocenters. The molecule has 1 saturated carbocycles. The van der Waals surface area contributed by atoms with E-state index in [1.165, 1.54) is 64.5 Å². The first-order valence-corrected chi connectivity index (χ1v) is 7.23. The minimum Gasteiger partial charge on any atom is -0.316 e. The SMILES string of the molecule is CC1CCC(CNCCC2=CCCC2)CC1. The van der Waals surface area contributed by atoms with Gasteiger partial charge in [0, 0.05) is 0 Å². The predicted octanol–water partition coefficient (Wildman–Crippen LogP) is 3.90. The van der Waals surface area contributed by atoms with Crippen LogP contribution in [0.3, 0.4) is 0 Å². The van der Waals surface area contributed by atoms with Crippen LogP contribution in [0.15, 0.2) is 11.6 Å². The summed E-state index contributed by atoms with van der Waals surface area (Å²) < 4.78 is 0. The molecule has 0 aromatic carbocycles. The predicted molar refractivity (Wildman–Crippen MR) is 70.5 cm³/mol. The van der Waals surface area contributed by atoms with Crippen LogP contribution in [0.4, 0.5) is 0 Å². The van der Waals surface area contributed by atoms with E-state index >= 15 is 0 Å². The molecule has 0 radical (unpaired) electrons. The van der Waals surface area contributed by atoms with Gasteiger partial charge in [-0.05, 0) is 63.5 Å². The van der Waals surface area contributed by atoms with Crippen molar-refractivity contribution in [2.45, 2.75) is 58.3 Å². The molecule has 0 amide bonds. The van der Waals surface area contributed by atoms with Crippen molar-refractivity contribution in [3.63, 3.8) is 0 Å². The number of hydrogen-bond acceptors (Lipinski definition) is 1. The van der Waals surface area contributed by atoms with Crippen LogP contribution >= 0.6 is 0 Å². The maximum Gasteiger partial charge on any atom is -0.00115 e. The second-order valence-electron chi connectivity index (χ2n) is 5.83. The van der Waals surface area contributed by atoms with E-state index in [9.17, 15) is 0 Å². The summed E-state index contributed by atoms with van der Waals surface area (Å²) in [4.78, 5) is 0. The highest BCUT2D eigenvalue weighted by atomic mass is 14.9. The first-order valence-electron chi connectivity index (χ1n) is 7.23.